The first-order valence-electron chi connectivity index (χ1n) is 7.60. The highest BCUT2D eigenvalue weighted by molar-refractivity contribution is 7.99. The standard InChI is InChI=1S/C15H21ClN4O3S/c1-15(2,3)13(23)20-6-4-19(5-7-20)11-8-10(16)17-14(18-11)24-9-12(21)22/h8H,4-7,9H2,1-3H3,(H,21,22). The second kappa shape index (κ2) is 7.57. The molecule has 1 aliphatic heterocycles. The van der Waals surface area contributed by atoms with Crippen LogP contribution in [0.4, 0.5) is 5.82 Å². The van der Waals surface area contributed by atoms with Crippen LogP contribution < -0.4 is 4.90 Å². The maximum atomic E-state index is 12.3. The predicted octanol–water partition coefficient (Wildman–Crippen LogP) is 2.00. The summed E-state index contributed by atoms with van der Waals surface area (Å²) in [6.07, 6.45) is 0. The van der Waals surface area contributed by atoms with Crippen LogP contribution in [0.2, 0.25) is 5.15 Å². The number of hydrogen-bond donors (Lipinski definition) is 1. The van der Waals surface area contributed by atoms with Gasteiger partial charge in [-0.15, -0.1) is 0 Å². The van der Waals surface area contributed by atoms with E-state index < -0.39 is 5.97 Å². The Morgan fingerprint density at radius 2 is 1.88 bits per heavy atom. The van der Waals surface area contributed by atoms with E-state index in [1.54, 1.807) is 6.07 Å². The molecule has 0 radical (unpaired) electrons. The molecule has 1 amide bonds. The average Bonchev–Trinajstić information content (AvgIpc) is 2.51. The van der Waals surface area contributed by atoms with Crippen molar-refractivity contribution in [2.45, 2.75) is 25.9 Å². The molecule has 0 atom stereocenters. The highest BCUT2D eigenvalue weighted by atomic mass is 35.5. The number of amides is 1. The van der Waals surface area contributed by atoms with Gasteiger partial charge in [0.1, 0.15) is 11.0 Å². The summed E-state index contributed by atoms with van der Waals surface area (Å²) in [6.45, 7) is 8.29. The SMILES string of the molecule is CC(C)(C)C(=O)N1CCN(c2cc(Cl)nc(SCC(=O)O)n2)CC1. The topological polar surface area (TPSA) is 86.6 Å². The third kappa shape index (κ3) is 4.98. The normalized spacial score (nSPS) is 15.5. The third-order valence-electron chi connectivity index (χ3n) is 3.52. The smallest absolute Gasteiger partial charge is 0.313 e. The van der Waals surface area contributed by atoms with E-state index in [9.17, 15) is 9.59 Å². The van der Waals surface area contributed by atoms with Crippen molar-refractivity contribution in [2.75, 3.05) is 36.8 Å². The Hall–Kier alpha value is -1.54. The van der Waals surface area contributed by atoms with Gasteiger partial charge in [-0.3, -0.25) is 9.59 Å². The van der Waals surface area contributed by atoms with E-state index in [-0.39, 0.29) is 22.2 Å². The first-order valence-corrected chi connectivity index (χ1v) is 8.96. The lowest BCUT2D eigenvalue weighted by Gasteiger charge is -2.38. The number of anilines is 1. The molecule has 0 bridgehead atoms. The molecule has 2 heterocycles. The van der Waals surface area contributed by atoms with Crippen LogP contribution in [0.25, 0.3) is 0 Å². The van der Waals surface area contributed by atoms with Gasteiger partial charge in [-0.05, 0) is 0 Å². The van der Waals surface area contributed by atoms with E-state index >= 15 is 0 Å². The largest absolute Gasteiger partial charge is 0.481 e. The number of thioether (sulfide) groups is 1. The first-order chi connectivity index (χ1) is 11.2. The number of aromatic nitrogens is 2. The molecule has 0 aliphatic carbocycles. The number of carbonyl (C=O) groups is 2. The van der Waals surface area contributed by atoms with Crippen LogP contribution >= 0.6 is 23.4 Å². The zero-order chi connectivity index (χ0) is 17.9. The number of aliphatic carboxylic acids is 1. The maximum Gasteiger partial charge on any atom is 0.313 e. The van der Waals surface area contributed by atoms with Crippen molar-refractivity contribution in [3.05, 3.63) is 11.2 Å². The average molecular weight is 373 g/mol. The molecule has 2 rings (SSSR count). The van der Waals surface area contributed by atoms with Crippen LogP contribution in [0.15, 0.2) is 11.2 Å². The zero-order valence-electron chi connectivity index (χ0n) is 14.0. The van der Waals surface area contributed by atoms with Crippen molar-refractivity contribution in [1.29, 1.82) is 0 Å². The lowest BCUT2D eigenvalue weighted by Crippen LogP contribution is -2.51. The van der Waals surface area contributed by atoms with Crippen molar-refractivity contribution in [3.63, 3.8) is 0 Å². The minimum absolute atomic E-state index is 0.117. The summed E-state index contributed by atoms with van der Waals surface area (Å²) in [5.74, 6) is -0.251. The molecule has 1 aliphatic rings. The fourth-order valence-corrected chi connectivity index (χ4v) is 3.15. The van der Waals surface area contributed by atoms with Crippen LogP contribution in [0.1, 0.15) is 20.8 Å². The number of carbonyl (C=O) groups excluding carboxylic acids is 1. The van der Waals surface area contributed by atoms with Gasteiger partial charge in [0.05, 0.1) is 5.75 Å². The highest BCUT2D eigenvalue weighted by Gasteiger charge is 2.30. The monoisotopic (exact) mass is 372 g/mol. The number of nitrogens with zero attached hydrogens (tertiary/aromatic N) is 4. The second-order valence-electron chi connectivity index (χ2n) is 6.54. The van der Waals surface area contributed by atoms with Crippen LogP contribution in [0.5, 0.6) is 0 Å². The lowest BCUT2D eigenvalue weighted by atomic mass is 9.94. The van der Waals surface area contributed by atoms with Gasteiger partial charge in [0, 0.05) is 37.7 Å². The zero-order valence-corrected chi connectivity index (χ0v) is 15.5. The van der Waals surface area contributed by atoms with Gasteiger partial charge < -0.3 is 14.9 Å². The minimum atomic E-state index is -0.931. The van der Waals surface area contributed by atoms with E-state index in [4.69, 9.17) is 16.7 Å². The van der Waals surface area contributed by atoms with Crippen molar-refractivity contribution in [2.24, 2.45) is 5.41 Å². The van der Waals surface area contributed by atoms with E-state index in [1.807, 2.05) is 30.6 Å². The molecule has 1 aromatic rings. The Bertz CT molecular complexity index is 628. The van der Waals surface area contributed by atoms with Gasteiger partial charge in [0.15, 0.2) is 5.16 Å². The maximum absolute atomic E-state index is 12.3. The molecule has 24 heavy (non-hydrogen) atoms. The van der Waals surface area contributed by atoms with Crippen LogP contribution in [-0.2, 0) is 9.59 Å². The van der Waals surface area contributed by atoms with Gasteiger partial charge in [-0.2, -0.15) is 0 Å². The first kappa shape index (κ1) is 18.8. The van der Waals surface area contributed by atoms with Crippen molar-refractivity contribution in [1.82, 2.24) is 14.9 Å². The molecule has 1 N–H and O–H groups in total. The summed E-state index contributed by atoms with van der Waals surface area (Å²) in [5, 5.41) is 9.37. The minimum Gasteiger partial charge on any atom is -0.481 e. The number of halogens is 1. The Labute approximate surface area is 150 Å². The van der Waals surface area contributed by atoms with Crippen LogP contribution in [0, 0.1) is 5.41 Å². The third-order valence-corrected chi connectivity index (χ3v) is 4.54. The molecule has 0 saturated carbocycles. The second-order valence-corrected chi connectivity index (χ2v) is 7.87. The van der Waals surface area contributed by atoms with Gasteiger partial charge in [0.25, 0.3) is 0 Å². The number of carboxylic acids is 1. The van der Waals surface area contributed by atoms with Gasteiger partial charge in [-0.1, -0.05) is 44.1 Å². The highest BCUT2D eigenvalue weighted by Crippen LogP contribution is 2.24. The Balaban J connectivity index is 2.03. The van der Waals surface area contributed by atoms with Crippen LogP contribution in [0.3, 0.4) is 0 Å². The van der Waals surface area contributed by atoms with Gasteiger partial charge in [0.2, 0.25) is 5.91 Å². The molecular weight excluding hydrogens is 352 g/mol. The van der Waals surface area contributed by atoms with E-state index in [0.717, 1.165) is 11.8 Å². The summed E-state index contributed by atoms with van der Waals surface area (Å²) < 4.78 is 0. The molecule has 7 nitrogen and oxygen atoms in total. The van der Waals surface area contributed by atoms with E-state index in [0.29, 0.717) is 37.2 Å². The van der Waals surface area contributed by atoms with Gasteiger partial charge in [-0.25, -0.2) is 9.97 Å². The Kier molecular flexibility index (Phi) is 5.92. The summed E-state index contributed by atoms with van der Waals surface area (Å²) in [6, 6.07) is 1.66. The molecule has 1 aromatic heterocycles. The molecule has 1 fully saturated rings. The van der Waals surface area contributed by atoms with Crippen LogP contribution in [-0.4, -0.2) is 63.8 Å². The quantitative estimate of drug-likeness (QED) is 0.491. The van der Waals surface area contributed by atoms with E-state index in [2.05, 4.69) is 9.97 Å². The molecular formula is C15H21ClN4O3S. The molecule has 1 saturated heterocycles. The summed E-state index contributed by atoms with van der Waals surface area (Å²) in [5.41, 5.74) is -0.388. The summed E-state index contributed by atoms with van der Waals surface area (Å²) >= 11 is 7.05. The van der Waals surface area contributed by atoms with Crippen molar-refractivity contribution < 1.29 is 14.7 Å². The van der Waals surface area contributed by atoms with Gasteiger partial charge >= 0.3 is 5.97 Å². The molecule has 0 unspecified atom stereocenters. The number of piperazine rings is 1. The van der Waals surface area contributed by atoms with E-state index in [1.165, 1.54) is 0 Å². The van der Waals surface area contributed by atoms with Crippen molar-refractivity contribution in [3.8, 4) is 0 Å². The predicted molar refractivity (Wildman–Crippen MR) is 93.6 cm³/mol. The fraction of sp³-hybridized carbons (Fsp3) is 0.600. The van der Waals surface area contributed by atoms with Crippen molar-refractivity contribution >= 4 is 41.1 Å². The Morgan fingerprint density at radius 3 is 2.42 bits per heavy atom. The number of rotatable bonds is 4. The lowest BCUT2D eigenvalue weighted by molar-refractivity contribution is -0.139. The molecule has 132 valence electrons. The molecule has 9 heteroatoms. The number of hydrogen-bond acceptors (Lipinski definition) is 6. The summed E-state index contributed by atoms with van der Waals surface area (Å²) in [7, 11) is 0. The molecule has 0 aromatic carbocycles. The summed E-state index contributed by atoms with van der Waals surface area (Å²) in [4.78, 5) is 35.3. The fourth-order valence-electron chi connectivity index (χ4n) is 2.35. The molecule has 0 spiro atoms. The Morgan fingerprint density at radius 1 is 1.25 bits per heavy atom. The number of carboxylic acid groups (broad SMARTS) is 1.